The van der Waals surface area contributed by atoms with E-state index in [-0.39, 0.29) is 5.57 Å². The van der Waals surface area contributed by atoms with Crippen molar-refractivity contribution in [3.63, 3.8) is 0 Å². The number of rotatable bonds is 3. The minimum Gasteiger partial charge on any atom is -0.478 e. The van der Waals surface area contributed by atoms with Gasteiger partial charge in [0.05, 0.1) is 5.57 Å². The third-order valence-corrected chi connectivity index (χ3v) is 1.63. The SMILES string of the molecule is C=C(C(=O)O)C(=O)C1=CCC1. The lowest BCUT2D eigenvalue weighted by atomic mass is 9.92. The molecule has 0 radical (unpaired) electrons. The minimum absolute atomic E-state index is 0.337. The standard InChI is InChI=1S/C8H8O3/c1-5(8(10)11)7(9)6-3-2-4-6/h3H,1-2,4H2,(H,10,11). The molecule has 0 amide bonds. The second-order valence-electron chi connectivity index (χ2n) is 2.38. The molecule has 1 aliphatic rings. The molecule has 1 aliphatic carbocycles. The third-order valence-electron chi connectivity index (χ3n) is 1.63. The Morgan fingerprint density at radius 2 is 2.09 bits per heavy atom. The van der Waals surface area contributed by atoms with E-state index in [2.05, 4.69) is 6.58 Å². The van der Waals surface area contributed by atoms with Gasteiger partial charge in [0.25, 0.3) is 0 Å². The predicted octanol–water partition coefficient (Wildman–Crippen LogP) is 0.917. The molecule has 0 spiro atoms. The van der Waals surface area contributed by atoms with Crippen molar-refractivity contribution >= 4 is 11.8 Å². The van der Waals surface area contributed by atoms with Crippen LogP contribution in [-0.2, 0) is 9.59 Å². The summed E-state index contributed by atoms with van der Waals surface area (Å²) in [5.41, 5.74) is 0.244. The van der Waals surface area contributed by atoms with Crippen LogP contribution in [-0.4, -0.2) is 16.9 Å². The van der Waals surface area contributed by atoms with Gasteiger partial charge in [-0.2, -0.15) is 0 Å². The predicted molar refractivity (Wildman–Crippen MR) is 39.1 cm³/mol. The van der Waals surface area contributed by atoms with Crippen molar-refractivity contribution in [2.75, 3.05) is 0 Å². The molecule has 0 aromatic heterocycles. The zero-order valence-corrected chi connectivity index (χ0v) is 5.96. The Morgan fingerprint density at radius 3 is 2.36 bits per heavy atom. The topological polar surface area (TPSA) is 54.4 Å². The highest BCUT2D eigenvalue weighted by Crippen LogP contribution is 2.21. The molecule has 1 N–H and O–H groups in total. The van der Waals surface area contributed by atoms with Crippen molar-refractivity contribution in [2.45, 2.75) is 12.8 Å². The van der Waals surface area contributed by atoms with Crippen molar-refractivity contribution in [3.8, 4) is 0 Å². The Kier molecular flexibility index (Phi) is 1.89. The average Bonchev–Trinajstić information content (AvgIpc) is 1.82. The number of carbonyl (C=O) groups is 2. The van der Waals surface area contributed by atoms with E-state index in [0.717, 1.165) is 6.42 Å². The first kappa shape index (κ1) is 7.72. The number of aliphatic carboxylic acids is 1. The normalized spacial score (nSPS) is 14.7. The van der Waals surface area contributed by atoms with Gasteiger partial charge in [0.2, 0.25) is 0 Å². The lowest BCUT2D eigenvalue weighted by molar-refractivity contribution is -0.134. The first-order chi connectivity index (χ1) is 5.13. The number of carboxylic acid groups (broad SMARTS) is 1. The number of hydrogen-bond acceptors (Lipinski definition) is 2. The first-order valence-corrected chi connectivity index (χ1v) is 3.29. The Labute approximate surface area is 64.0 Å². The fourth-order valence-electron chi connectivity index (χ4n) is 0.786. The van der Waals surface area contributed by atoms with Gasteiger partial charge in [0.1, 0.15) is 0 Å². The molecule has 0 atom stereocenters. The van der Waals surface area contributed by atoms with E-state index in [1.54, 1.807) is 6.08 Å². The Balaban J connectivity index is 2.68. The van der Waals surface area contributed by atoms with E-state index in [1.807, 2.05) is 0 Å². The number of carbonyl (C=O) groups excluding carboxylic acids is 1. The molecule has 58 valence electrons. The number of carboxylic acids is 1. The second-order valence-corrected chi connectivity index (χ2v) is 2.38. The summed E-state index contributed by atoms with van der Waals surface area (Å²) in [5.74, 6) is -1.66. The van der Waals surface area contributed by atoms with Gasteiger partial charge in [0, 0.05) is 0 Å². The molecular weight excluding hydrogens is 144 g/mol. The Hall–Kier alpha value is -1.38. The summed E-state index contributed by atoms with van der Waals surface area (Å²) < 4.78 is 0. The smallest absolute Gasteiger partial charge is 0.339 e. The van der Waals surface area contributed by atoms with Crippen molar-refractivity contribution in [1.82, 2.24) is 0 Å². The number of hydrogen-bond donors (Lipinski definition) is 1. The van der Waals surface area contributed by atoms with Crippen LogP contribution in [0.25, 0.3) is 0 Å². The van der Waals surface area contributed by atoms with Crippen LogP contribution in [0.4, 0.5) is 0 Å². The van der Waals surface area contributed by atoms with Gasteiger partial charge in [0.15, 0.2) is 5.78 Å². The van der Waals surface area contributed by atoms with E-state index < -0.39 is 11.8 Å². The maximum Gasteiger partial charge on any atom is 0.339 e. The van der Waals surface area contributed by atoms with E-state index in [9.17, 15) is 9.59 Å². The van der Waals surface area contributed by atoms with Crippen LogP contribution in [0.5, 0.6) is 0 Å². The van der Waals surface area contributed by atoms with Crippen LogP contribution < -0.4 is 0 Å². The summed E-state index contributed by atoms with van der Waals surface area (Å²) in [7, 11) is 0. The van der Waals surface area contributed by atoms with Crippen molar-refractivity contribution in [2.24, 2.45) is 0 Å². The maximum atomic E-state index is 11.0. The molecular formula is C8H8O3. The summed E-state index contributed by atoms with van der Waals surface area (Å²) in [5, 5.41) is 8.37. The Bertz CT molecular complexity index is 261. The van der Waals surface area contributed by atoms with Gasteiger partial charge in [-0.1, -0.05) is 12.7 Å². The molecule has 11 heavy (non-hydrogen) atoms. The minimum atomic E-state index is -1.23. The molecule has 1 rings (SSSR count). The van der Waals surface area contributed by atoms with E-state index >= 15 is 0 Å². The van der Waals surface area contributed by atoms with Gasteiger partial charge in [-0.15, -0.1) is 0 Å². The fraction of sp³-hybridized carbons (Fsp3) is 0.250. The van der Waals surface area contributed by atoms with Crippen LogP contribution in [0.2, 0.25) is 0 Å². The molecule has 0 aromatic carbocycles. The van der Waals surface area contributed by atoms with Crippen LogP contribution in [0.3, 0.4) is 0 Å². The quantitative estimate of drug-likeness (QED) is 0.371. The van der Waals surface area contributed by atoms with Gasteiger partial charge < -0.3 is 5.11 Å². The van der Waals surface area contributed by atoms with Crippen LogP contribution in [0.15, 0.2) is 23.8 Å². The van der Waals surface area contributed by atoms with Gasteiger partial charge in [-0.25, -0.2) is 4.79 Å². The van der Waals surface area contributed by atoms with Crippen molar-refractivity contribution in [3.05, 3.63) is 23.8 Å². The fourth-order valence-corrected chi connectivity index (χ4v) is 0.786. The molecule has 0 aliphatic heterocycles. The van der Waals surface area contributed by atoms with Gasteiger partial charge >= 0.3 is 5.97 Å². The highest BCUT2D eigenvalue weighted by atomic mass is 16.4. The molecule has 0 unspecified atom stereocenters. The van der Waals surface area contributed by atoms with E-state index in [4.69, 9.17) is 5.11 Å². The molecule has 3 heteroatoms. The summed E-state index contributed by atoms with van der Waals surface area (Å²) >= 11 is 0. The first-order valence-electron chi connectivity index (χ1n) is 3.29. The lowest BCUT2D eigenvalue weighted by Gasteiger charge is -2.11. The second kappa shape index (κ2) is 2.70. The summed E-state index contributed by atoms with van der Waals surface area (Å²) in [4.78, 5) is 21.3. The molecule has 0 heterocycles. The third kappa shape index (κ3) is 1.37. The molecule has 0 aromatic rings. The maximum absolute atomic E-state index is 11.0. The number of ketones is 1. The average molecular weight is 152 g/mol. The summed E-state index contributed by atoms with van der Waals surface area (Å²) in [6, 6.07) is 0. The zero-order valence-electron chi connectivity index (χ0n) is 5.96. The van der Waals surface area contributed by atoms with E-state index in [1.165, 1.54) is 0 Å². The number of Topliss-reactive ketones (excluding diaryl/α,β-unsaturated/α-hetero) is 1. The zero-order chi connectivity index (χ0) is 8.43. The van der Waals surface area contributed by atoms with Gasteiger partial charge in [-0.3, -0.25) is 4.79 Å². The molecule has 0 saturated heterocycles. The molecule has 0 bridgehead atoms. The summed E-state index contributed by atoms with van der Waals surface area (Å²) in [6.45, 7) is 3.17. The van der Waals surface area contributed by atoms with Crippen LogP contribution >= 0.6 is 0 Å². The monoisotopic (exact) mass is 152 g/mol. The molecule has 0 fully saturated rings. The largest absolute Gasteiger partial charge is 0.478 e. The van der Waals surface area contributed by atoms with Crippen molar-refractivity contribution < 1.29 is 14.7 Å². The lowest BCUT2D eigenvalue weighted by Crippen LogP contribution is -2.16. The van der Waals surface area contributed by atoms with Gasteiger partial charge in [-0.05, 0) is 18.4 Å². The Morgan fingerprint density at radius 1 is 1.55 bits per heavy atom. The molecule has 3 nitrogen and oxygen atoms in total. The highest BCUT2D eigenvalue weighted by Gasteiger charge is 2.21. The van der Waals surface area contributed by atoms with Crippen LogP contribution in [0, 0.1) is 0 Å². The van der Waals surface area contributed by atoms with Crippen molar-refractivity contribution in [1.29, 1.82) is 0 Å². The van der Waals surface area contributed by atoms with E-state index in [0.29, 0.717) is 12.0 Å². The summed E-state index contributed by atoms with van der Waals surface area (Å²) in [6.07, 6.45) is 3.29. The van der Waals surface area contributed by atoms with Crippen LogP contribution in [0.1, 0.15) is 12.8 Å². The number of allylic oxidation sites excluding steroid dienone is 2. The highest BCUT2D eigenvalue weighted by molar-refractivity contribution is 6.23. The molecule has 0 saturated carbocycles.